The largest absolute Gasteiger partial charge is 0.453 e. The molecule has 0 aromatic heterocycles. The van der Waals surface area contributed by atoms with Crippen LogP contribution >= 0.6 is 0 Å². The van der Waals surface area contributed by atoms with Crippen molar-refractivity contribution in [3.63, 3.8) is 0 Å². The summed E-state index contributed by atoms with van der Waals surface area (Å²) in [5.41, 5.74) is 2.52. The lowest BCUT2D eigenvalue weighted by Crippen LogP contribution is -2.61. The van der Waals surface area contributed by atoms with E-state index in [1.165, 1.54) is 14.0 Å². The quantitative estimate of drug-likeness (QED) is 0.0914. The Morgan fingerprint density at radius 3 is 1.98 bits per heavy atom. The lowest BCUT2D eigenvalue weighted by molar-refractivity contribution is -0.319. The molecule has 9 atom stereocenters. The van der Waals surface area contributed by atoms with Gasteiger partial charge in [0.25, 0.3) is 0 Å². The zero-order valence-corrected chi connectivity index (χ0v) is 33.0. The average Bonchev–Trinajstić information content (AvgIpc) is 3.54. The molecule has 2 fully saturated rings. The molecular weight excluding hydrogens is 750 g/mol. The molecule has 2 saturated heterocycles. The maximum Gasteiger partial charge on any atom is 0.417 e. The molecule has 14 heteroatoms. The summed E-state index contributed by atoms with van der Waals surface area (Å²) in [5, 5.41) is 10.3. The first-order valence-electron chi connectivity index (χ1n) is 19.2. The van der Waals surface area contributed by atoms with Gasteiger partial charge in [0.05, 0.1) is 31.8 Å². The second kappa shape index (κ2) is 21.6. The number of methoxy groups -OCH3 is 1. The SMILES string of the molecule is CO[C@H]1O[C@H](CO)[C@@H](OCc2ccccc2)[C@H](OCc2ccccc2)[C@@H]1OCCCC(=O)C=CC(=O)[C@@H](OC(C)=O)[C@H](C)C(=O)N1C(=O)O[C@H](c2ccccc2)[C@@H]1C. The van der Waals surface area contributed by atoms with Crippen molar-refractivity contribution in [3.8, 4) is 0 Å². The Bertz CT molecular complexity index is 1840. The third-order valence-corrected chi connectivity index (χ3v) is 9.94. The number of nitrogens with zero attached hydrogens (tertiary/aromatic N) is 1. The van der Waals surface area contributed by atoms with Gasteiger partial charge in [0.15, 0.2) is 24.0 Å². The summed E-state index contributed by atoms with van der Waals surface area (Å²) in [5.74, 6) is -4.09. The number of aliphatic hydroxyl groups excluding tert-OH is 1. The third kappa shape index (κ3) is 11.5. The highest BCUT2D eigenvalue weighted by molar-refractivity contribution is 6.04. The molecule has 0 aliphatic carbocycles. The van der Waals surface area contributed by atoms with Crippen molar-refractivity contribution in [2.24, 2.45) is 5.92 Å². The number of carbonyl (C=O) groups excluding carboxylic acids is 5. The molecule has 5 rings (SSSR count). The highest BCUT2D eigenvalue weighted by Gasteiger charge is 2.49. The van der Waals surface area contributed by atoms with Crippen LogP contribution in [-0.2, 0) is 65.5 Å². The highest BCUT2D eigenvalue weighted by atomic mass is 16.7. The van der Waals surface area contributed by atoms with E-state index < -0.39 is 84.4 Å². The number of hydrogen-bond acceptors (Lipinski definition) is 13. The van der Waals surface area contributed by atoms with Crippen molar-refractivity contribution in [3.05, 3.63) is 120 Å². The van der Waals surface area contributed by atoms with Crippen LogP contribution in [0, 0.1) is 5.92 Å². The number of ketones is 2. The van der Waals surface area contributed by atoms with Crippen molar-refractivity contribution in [1.29, 1.82) is 0 Å². The first-order valence-corrected chi connectivity index (χ1v) is 19.2. The van der Waals surface area contributed by atoms with E-state index in [2.05, 4.69) is 0 Å². The normalized spacial score (nSPS) is 24.3. The van der Waals surface area contributed by atoms with Crippen LogP contribution in [0.5, 0.6) is 0 Å². The van der Waals surface area contributed by atoms with Gasteiger partial charge in [-0.05, 0) is 49.1 Å². The minimum absolute atomic E-state index is 0.0253. The van der Waals surface area contributed by atoms with Crippen LogP contribution < -0.4 is 0 Å². The summed E-state index contributed by atoms with van der Waals surface area (Å²) in [4.78, 5) is 65.6. The number of cyclic esters (lactones) is 1. The molecule has 3 aromatic carbocycles. The number of carbonyl (C=O) groups is 5. The van der Waals surface area contributed by atoms with E-state index in [4.69, 9.17) is 33.2 Å². The Labute approximate surface area is 337 Å². The van der Waals surface area contributed by atoms with E-state index in [9.17, 15) is 29.1 Å². The molecule has 58 heavy (non-hydrogen) atoms. The van der Waals surface area contributed by atoms with Crippen molar-refractivity contribution >= 4 is 29.5 Å². The topological polar surface area (TPSA) is 173 Å². The van der Waals surface area contributed by atoms with Gasteiger partial charge in [-0.2, -0.15) is 0 Å². The van der Waals surface area contributed by atoms with Crippen molar-refractivity contribution < 1.29 is 62.2 Å². The standard InChI is InChI=1S/C44H51NO13/c1-28(42(50)45-29(2)38(58-44(45)51)33-19-12-7-13-20-33)37(56-30(3)47)35(49)23-22-34(48)21-14-24-53-41-40(55-27-32-17-10-6-11-18-32)39(36(25-46)57-43(41)52-4)54-26-31-15-8-5-9-16-31/h5-13,15-20,22-23,28-29,36-41,43,46H,14,21,24-27H2,1-4H3/t28-,29-,36+,37-,38-,39+,40-,41-,43-/m0/s1. The Morgan fingerprint density at radius 2 is 1.41 bits per heavy atom. The molecule has 0 spiro atoms. The van der Waals surface area contributed by atoms with E-state index in [0.29, 0.717) is 5.56 Å². The minimum atomic E-state index is -1.60. The van der Waals surface area contributed by atoms with Crippen LogP contribution in [-0.4, -0.2) is 103 Å². The average molecular weight is 802 g/mol. The zero-order chi connectivity index (χ0) is 41.6. The number of aliphatic hydroxyl groups is 1. The molecule has 1 N–H and O–H groups in total. The van der Waals surface area contributed by atoms with Crippen LogP contribution in [0.1, 0.15) is 56.4 Å². The van der Waals surface area contributed by atoms with Crippen LogP contribution in [0.2, 0.25) is 0 Å². The van der Waals surface area contributed by atoms with E-state index in [-0.39, 0.29) is 39.3 Å². The van der Waals surface area contributed by atoms with Gasteiger partial charge in [-0.25, -0.2) is 9.69 Å². The number of benzene rings is 3. The first kappa shape index (κ1) is 44.0. The van der Waals surface area contributed by atoms with Crippen LogP contribution in [0.3, 0.4) is 0 Å². The second-order valence-corrected chi connectivity index (χ2v) is 14.1. The predicted octanol–water partition coefficient (Wildman–Crippen LogP) is 5.06. The smallest absolute Gasteiger partial charge is 0.417 e. The summed E-state index contributed by atoms with van der Waals surface area (Å²) in [7, 11) is 1.45. The molecule has 2 aliphatic rings. The fourth-order valence-corrected chi connectivity index (χ4v) is 6.91. The van der Waals surface area contributed by atoms with Gasteiger partial charge in [-0.3, -0.25) is 19.2 Å². The van der Waals surface area contributed by atoms with E-state index in [1.807, 2.05) is 66.7 Å². The Kier molecular flexibility index (Phi) is 16.4. The number of amides is 2. The van der Waals surface area contributed by atoms with Gasteiger partial charge < -0.3 is 38.3 Å². The zero-order valence-electron chi connectivity index (χ0n) is 33.0. The summed E-state index contributed by atoms with van der Waals surface area (Å²) in [6.07, 6.45) is -5.00. The van der Waals surface area contributed by atoms with Gasteiger partial charge in [-0.1, -0.05) is 91.0 Å². The third-order valence-electron chi connectivity index (χ3n) is 9.94. The second-order valence-electron chi connectivity index (χ2n) is 14.1. The number of ether oxygens (including phenoxy) is 7. The molecule has 2 amide bonds. The lowest BCUT2D eigenvalue weighted by atomic mass is 9.96. The van der Waals surface area contributed by atoms with Crippen LogP contribution in [0.15, 0.2) is 103 Å². The fourth-order valence-electron chi connectivity index (χ4n) is 6.91. The minimum Gasteiger partial charge on any atom is -0.453 e. The number of allylic oxidation sites excluding steroid dienone is 1. The molecular formula is C44H51NO13. The van der Waals surface area contributed by atoms with Gasteiger partial charge >= 0.3 is 12.1 Å². The monoisotopic (exact) mass is 801 g/mol. The van der Waals surface area contributed by atoms with Gasteiger partial charge in [0.2, 0.25) is 5.91 Å². The predicted molar refractivity (Wildman–Crippen MR) is 208 cm³/mol. The maximum absolute atomic E-state index is 13.6. The van der Waals surface area contributed by atoms with Crippen molar-refractivity contribution in [2.45, 2.75) is 95.8 Å². The Hall–Kier alpha value is -5.09. The van der Waals surface area contributed by atoms with Crippen molar-refractivity contribution in [1.82, 2.24) is 4.90 Å². The molecule has 14 nitrogen and oxygen atoms in total. The molecule has 2 heterocycles. The maximum atomic E-state index is 13.6. The highest BCUT2D eigenvalue weighted by Crippen LogP contribution is 2.34. The summed E-state index contributed by atoms with van der Waals surface area (Å²) >= 11 is 0. The van der Waals surface area contributed by atoms with E-state index in [1.54, 1.807) is 31.2 Å². The van der Waals surface area contributed by atoms with Gasteiger partial charge in [-0.15, -0.1) is 0 Å². The number of hydrogen-bond donors (Lipinski definition) is 1. The Balaban J connectivity index is 1.20. The molecule has 0 bridgehead atoms. The number of esters is 1. The molecule has 0 saturated carbocycles. The fraction of sp³-hybridized carbons (Fsp3) is 0.432. The van der Waals surface area contributed by atoms with Crippen molar-refractivity contribution in [2.75, 3.05) is 20.3 Å². The van der Waals surface area contributed by atoms with Crippen LogP contribution in [0.25, 0.3) is 0 Å². The molecule has 3 aromatic rings. The molecule has 2 aliphatic heterocycles. The first-order chi connectivity index (χ1) is 28.0. The number of rotatable bonds is 20. The van der Waals surface area contributed by atoms with Gasteiger partial charge in [0.1, 0.15) is 30.5 Å². The summed E-state index contributed by atoms with van der Waals surface area (Å²) in [6.45, 7) is 4.26. The van der Waals surface area contributed by atoms with E-state index >= 15 is 0 Å². The van der Waals surface area contributed by atoms with Gasteiger partial charge in [0, 0.05) is 27.1 Å². The molecule has 0 unspecified atom stereocenters. The van der Waals surface area contributed by atoms with E-state index in [0.717, 1.165) is 35.1 Å². The summed E-state index contributed by atoms with van der Waals surface area (Å²) in [6, 6.07) is 27.3. The molecule has 310 valence electrons. The van der Waals surface area contributed by atoms with Crippen LogP contribution in [0.4, 0.5) is 4.79 Å². The summed E-state index contributed by atoms with van der Waals surface area (Å²) < 4.78 is 41.4. The lowest BCUT2D eigenvalue weighted by Gasteiger charge is -2.45. The number of imide groups is 1. The Morgan fingerprint density at radius 1 is 0.828 bits per heavy atom. The molecule has 0 radical (unpaired) electrons.